The molecule has 142 valence electrons. The molecule has 3 nitrogen and oxygen atoms in total. The second-order valence-electron chi connectivity index (χ2n) is 7.29. The van der Waals surface area contributed by atoms with Gasteiger partial charge in [0.2, 0.25) is 0 Å². The number of nitrogens with one attached hydrogen (secondary N) is 1. The van der Waals surface area contributed by atoms with Crippen molar-refractivity contribution in [2.24, 2.45) is 4.99 Å². The van der Waals surface area contributed by atoms with Crippen LogP contribution >= 0.6 is 0 Å². The highest BCUT2D eigenvalue weighted by molar-refractivity contribution is 5.86. The van der Waals surface area contributed by atoms with Crippen molar-refractivity contribution in [1.29, 1.82) is 0 Å². The van der Waals surface area contributed by atoms with E-state index in [-0.39, 0.29) is 12.1 Å². The zero-order valence-electron chi connectivity index (χ0n) is 16.2. The highest BCUT2D eigenvalue weighted by atomic mass is 16.5. The fraction of sp³-hybridized carbons (Fsp3) is 0.240. The number of amidine groups is 1. The number of hydrogen-bond donors (Lipinski definition) is 1. The number of rotatable bonds is 6. The summed E-state index contributed by atoms with van der Waals surface area (Å²) in [6, 6.07) is 19.2. The van der Waals surface area contributed by atoms with Crippen LogP contribution in [0, 0.1) is 6.92 Å². The normalized spacial score (nSPS) is 21.0. The molecule has 28 heavy (non-hydrogen) atoms. The number of hydrogen-bond acceptors (Lipinski definition) is 3. The lowest BCUT2D eigenvalue weighted by molar-refractivity contribution is 0.156. The van der Waals surface area contributed by atoms with Gasteiger partial charge in [0.25, 0.3) is 0 Å². The van der Waals surface area contributed by atoms with Gasteiger partial charge in [-0.05, 0) is 30.0 Å². The van der Waals surface area contributed by atoms with Gasteiger partial charge in [0.1, 0.15) is 12.4 Å². The second kappa shape index (κ2) is 8.85. The average molecular weight is 370 g/mol. The van der Waals surface area contributed by atoms with Gasteiger partial charge < -0.3 is 10.1 Å². The quantitative estimate of drug-likeness (QED) is 0.770. The summed E-state index contributed by atoms with van der Waals surface area (Å²) in [5, 5.41) is 3.61. The fourth-order valence-corrected chi connectivity index (χ4v) is 3.72. The first-order valence-corrected chi connectivity index (χ1v) is 9.83. The predicted molar refractivity (Wildman–Crippen MR) is 115 cm³/mol. The van der Waals surface area contributed by atoms with Gasteiger partial charge in [-0.25, -0.2) is 0 Å². The summed E-state index contributed by atoms with van der Waals surface area (Å²) in [7, 11) is 0. The van der Waals surface area contributed by atoms with Crippen molar-refractivity contribution >= 4 is 5.84 Å². The summed E-state index contributed by atoms with van der Waals surface area (Å²) >= 11 is 0. The highest BCUT2D eigenvalue weighted by Crippen LogP contribution is 2.31. The molecule has 0 aromatic heterocycles. The van der Waals surface area contributed by atoms with Crippen molar-refractivity contribution < 1.29 is 4.74 Å². The lowest BCUT2D eigenvalue weighted by Gasteiger charge is -2.21. The molecule has 0 saturated carbocycles. The number of benzene rings is 2. The first-order chi connectivity index (χ1) is 13.8. The molecule has 0 fully saturated rings. The molecule has 0 spiro atoms. The monoisotopic (exact) mass is 370 g/mol. The number of nitrogens with zero attached hydrogens (tertiary/aromatic N) is 1. The molecule has 2 aromatic rings. The van der Waals surface area contributed by atoms with E-state index in [0.717, 1.165) is 12.3 Å². The van der Waals surface area contributed by atoms with Crippen LogP contribution in [0.5, 0.6) is 0 Å². The number of allylic oxidation sites excluding steroid dienone is 5. The molecule has 0 unspecified atom stereocenters. The Labute approximate surface area is 167 Å². The van der Waals surface area contributed by atoms with Crippen LogP contribution in [0.3, 0.4) is 0 Å². The lowest BCUT2D eigenvalue weighted by atomic mass is 9.93. The minimum absolute atomic E-state index is 0.0902. The van der Waals surface area contributed by atoms with Crippen LogP contribution in [-0.4, -0.2) is 18.5 Å². The first-order valence-electron chi connectivity index (χ1n) is 9.83. The van der Waals surface area contributed by atoms with Crippen LogP contribution in [-0.2, 0) is 11.3 Å². The summed E-state index contributed by atoms with van der Waals surface area (Å²) in [4.78, 5) is 5.00. The summed E-state index contributed by atoms with van der Waals surface area (Å²) < 4.78 is 5.96. The molecule has 0 amide bonds. The molecule has 1 N–H and O–H groups in total. The van der Waals surface area contributed by atoms with Crippen molar-refractivity contribution in [2.45, 2.75) is 32.0 Å². The Morgan fingerprint density at radius 1 is 1.00 bits per heavy atom. The highest BCUT2D eigenvalue weighted by Gasteiger charge is 2.32. The van der Waals surface area contributed by atoms with Gasteiger partial charge in [0, 0.05) is 0 Å². The minimum Gasteiger partial charge on any atom is -0.369 e. The average Bonchev–Trinajstić information content (AvgIpc) is 2.95. The molecule has 0 bridgehead atoms. The van der Waals surface area contributed by atoms with Crippen molar-refractivity contribution in [3.63, 3.8) is 0 Å². The van der Waals surface area contributed by atoms with E-state index in [1.54, 1.807) is 0 Å². The standard InChI is InChI=1S/C25H26N2O/c1-19-10-9-11-20(16-19)17-28-18-23-26-24(21-12-5-2-3-6-13-21)25(27-23)22-14-7-4-8-15-22/h2-12,14-16,24-25H,13,17-18H2,1H3,(H,26,27)/t24-,25+/m0/s1. The maximum absolute atomic E-state index is 5.96. The zero-order chi connectivity index (χ0) is 19.2. The third-order valence-electron chi connectivity index (χ3n) is 5.08. The second-order valence-corrected chi connectivity index (χ2v) is 7.29. The van der Waals surface area contributed by atoms with Crippen molar-refractivity contribution in [3.05, 3.63) is 107 Å². The summed E-state index contributed by atoms with van der Waals surface area (Å²) in [6.45, 7) is 3.19. The Morgan fingerprint density at radius 3 is 2.75 bits per heavy atom. The van der Waals surface area contributed by atoms with Gasteiger partial charge in [-0.2, -0.15) is 0 Å². The van der Waals surface area contributed by atoms with Crippen molar-refractivity contribution in [3.8, 4) is 0 Å². The van der Waals surface area contributed by atoms with Crippen LogP contribution in [0.15, 0.2) is 95.5 Å². The number of ether oxygens (including phenoxy) is 1. The molecule has 1 aliphatic carbocycles. The van der Waals surface area contributed by atoms with Crippen LogP contribution in [0.1, 0.15) is 29.2 Å². The van der Waals surface area contributed by atoms with E-state index in [1.165, 1.54) is 22.3 Å². The summed E-state index contributed by atoms with van der Waals surface area (Å²) in [6.07, 6.45) is 11.6. The molecule has 3 heteroatoms. The van der Waals surface area contributed by atoms with Gasteiger partial charge in [0.15, 0.2) is 0 Å². The van der Waals surface area contributed by atoms with E-state index in [9.17, 15) is 0 Å². The number of aryl methyl sites for hydroxylation is 1. The van der Waals surface area contributed by atoms with Gasteiger partial charge in [0.05, 0.1) is 18.7 Å². The van der Waals surface area contributed by atoms with E-state index in [1.807, 2.05) is 0 Å². The predicted octanol–water partition coefficient (Wildman–Crippen LogP) is 5.07. The number of aliphatic imine (C=N–C) groups is 1. The van der Waals surface area contributed by atoms with E-state index >= 15 is 0 Å². The third-order valence-corrected chi connectivity index (χ3v) is 5.08. The van der Waals surface area contributed by atoms with E-state index in [0.29, 0.717) is 13.2 Å². The first kappa shape index (κ1) is 18.5. The molecule has 0 radical (unpaired) electrons. The van der Waals surface area contributed by atoms with E-state index in [2.05, 4.69) is 97.2 Å². The minimum atomic E-state index is 0.0902. The summed E-state index contributed by atoms with van der Waals surface area (Å²) in [5.74, 6) is 0.921. The smallest absolute Gasteiger partial charge is 0.124 e. The molecular weight excluding hydrogens is 344 g/mol. The van der Waals surface area contributed by atoms with Gasteiger partial charge >= 0.3 is 0 Å². The maximum Gasteiger partial charge on any atom is 0.124 e. The Morgan fingerprint density at radius 2 is 1.89 bits per heavy atom. The van der Waals surface area contributed by atoms with E-state index < -0.39 is 0 Å². The zero-order valence-corrected chi connectivity index (χ0v) is 16.2. The van der Waals surface area contributed by atoms with Gasteiger partial charge in [-0.15, -0.1) is 0 Å². The van der Waals surface area contributed by atoms with E-state index in [4.69, 9.17) is 9.73 Å². The van der Waals surface area contributed by atoms with Crippen molar-refractivity contribution in [2.75, 3.05) is 6.61 Å². The molecule has 2 aromatic carbocycles. The van der Waals surface area contributed by atoms with Crippen LogP contribution in [0.2, 0.25) is 0 Å². The molecule has 0 saturated heterocycles. The fourth-order valence-electron chi connectivity index (χ4n) is 3.72. The van der Waals surface area contributed by atoms with Gasteiger partial charge in [-0.1, -0.05) is 90.5 Å². The molecule has 4 rings (SSSR count). The molecule has 2 atom stereocenters. The van der Waals surface area contributed by atoms with Gasteiger partial charge in [-0.3, -0.25) is 4.99 Å². The SMILES string of the molecule is Cc1cccc(COCC2=N[C@@H](C3=CC=CC=CC3)[C@@H](c3ccccc3)N2)c1. The summed E-state index contributed by atoms with van der Waals surface area (Å²) in [5.41, 5.74) is 5.02. The Hall–Kier alpha value is -2.91. The third kappa shape index (κ3) is 4.49. The largest absolute Gasteiger partial charge is 0.369 e. The Kier molecular flexibility index (Phi) is 5.83. The topological polar surface area (TPSA) is 33.6 Å². The Balaban J connectivity index is 1.48. The molecular formula is C25H26N2O. The molecule has 2 aliphatic rings. The van der Waals surface area contributed by atoms with Crippen LogP contribution in [0.4, 0.5) is 0 Å². The molecule has 1 aliphatic heterocycles. The van der Waals surface area contributed by atoms with Crippen LogP contribution < -0.4 is 5.32 Å². The van der Waals surface area contributed by atoms with Crippen molar-refractivity contribution in [1.82, 2.24) is 5.32 Å². The molecule has 1 heterocycles. The lowest BCUT2D eigenvalue weighted by Crippen LogP contribution is -2.29. The maximum atomic E-state index is 5.96. The van der Waals surface area contributed by atoms with Crippen LogP contribution in [0.25, 0.3) is 0 Å². The Bertz CT molecular complexity index is 925.